The van der Waals surface area contributed by atoms with E-state index >= 15 is 0 Å². The van der Waals surface area contributed by atoms with Crippen molar-refractivity contribution < 1.29 is 15.6 Å². The predicted molar refractivity (Wildman–Crippen MR) is 260 cm³/mol. The fourth-order valence-electron chi connectivity index (χ4n) is 10.7. The summed E-state index contributed by atoms with van der Waals surface area (Å²) in [5.74, 6) is -0.0127. The van der Waals surface area contributed by atoms with E-state index in [2.05, 4.69) is 195 Å². The van der Waals surface area contributed by atoms with Crippen molar-refractivity contribution in [3.63, 3.8) is 0 Å². The van der Waals surface area contributed by atoms with Gasteiger partial charge in [0, 0.05) is 0 Å². The molecule has 0 aliphatic heterocycles. The van der Waals surface area contributed by atoms with Crippen LogP contribution in [-0.4, -0.2) is 5.92 Å². The van der Waals surface area contributed by atoms with Crippen LogP contribution in [0.15, 0.2) is 83.9 Å². The molecule has 311 valence electrons. The van der Waals surface area contributed by atoms with E-state index in [1.54, 1.807) is 0 Å². The minimum absolute atomic E-state index is 0.0453. The predicted octanol–water partition coefficient (Wildman–Crippen LogP) is 17.5. The molecular formula is C54H73Cl2SiZr. The number of rotatable bonds is 11. The van der Waals surface area contributed by atoms with Crippen LogP contribution >= 0.6 is 17.0 Å². The molecule has 0 nitrogen and oxygen atoms in total. The van der Waals surface area contributed by atoms with E-state index in [0.717, 1.165) is 12.8 Å². The molecule has 0 N–H and O–H groups in total. The Hall–Kier alpha value is -1.96. The normalized spacial score (nSPS) is 17.9. The Morgan fingerprint density at radius 3 is 1.17 bits per heavy atom. The van der Waals surface area contributed by atoms with Gasteiger partial charge in [-0.2, -0.15) is 0 Å². The van der Waals surface area contributed by atoms with E-state index < -0.39 is 21.5 Å². The molecule has 2 atom stereocenters. The van der Waals surface area contributed by atoms with Crippen molar-refractivity contribution in [1.82, 2.24) is 0 Å². The van der Waals surface area contributed by atoms with Gasteiger partial charge in [0.15, 0.2) is 0 Å². The van der Waals surface area contributed by atoms with Crippen LogP contribution in [0.2, 0.25) is 13.1 Å². The maximum atomic E-state index is 9.13. The number of benzene rings is 4. The van der Waals surface area contributed by atoms with E-state index in [1.807, 2.05) is 0 Å². The molecular weight excluding hydrogens is 839 g/mol. The van der Waals surface area contributed by atoms with Crippen molar-refractivity contribution in [3.05, 3.63) is 128 Å². The number of hydrogen-bond acceptors (Lipinski definition) is 0. The summed E-state index contributed by atoms with van der Waals surface area (Å²) in [4.78, 5) is 0. The molecule has 4 heteroatoms. The second-order valence-electron chi connectivity index (χ2n) is 21.8. The van der Waals surface area contributed by atoms with Gasteiger partial charge in [-0.05, 0) is 0 Å². The summed E-state index contributed by atoms with van der Waals surface area (Å²) in [6.45, 7) is 38.1. The number of halogens is 2. The minimum atomic E-state index is -5.11. The summed E-state index contributed by atoms with van der Waals surface area (Å²) in [6.07, 6.45) is 7.20. The molecule has 0 saturated heterocycles. The zero-order valence-corrected chi connectivity index (χ0v) is 43.9. The van der Waals surface area contributed by atoms with Crippen LogP contribution in [0.1, 0.15) is 173 Å². The van der Waals surface area contributed by atoms with Gasteiger partial charge in [0.1, 0.15) is 0 Å². The van der Waals surface area contributed by atoms with E-state index in [1.165, 1.54) is 77.9 Å². The van der Waals surface area contributed by atoms with Crippen LogP contribution in [0.5, 0.6) is 0 Å². The van der Waals surface area contributed by atoms with Gasteiger partial charge >= 0.3 is 366 Å². The molecule has 2 unspecified atom stereocenters. The Balaban J connectivity index is 1.74. The number of fused-ring (bicyclic) bond motifs is 2. The van der Waals surface area contributed by atoms with Gasteiger partial charge in [-0.25, -0.2) is 0 Å². The number of hydrogen-bond donors (Lipinski definition) is 0. The van der Waals surface area contributed by atoms with Gasteiger partial charge in [0.25, 0.3) is 0 Å². The molecule has 2 aliphatic carbocycles. The first kappa shape index (κ1) is 45.6. The average Bonchev–Trinajstić information content (AvgIpc) is 3.68. The second kappa shape index (κ2) is 16.4. The second-order valence-corrected chi connectivity index (χ2v) is 64.4. The van der Waals surface area contributed by atoms with E-state index in [9.17, 15) is 0 Å². The molecule has 4 aromatic carbocycles. The van der Waals surface area contributed by atoms with Crippen molar-refractivity contribution in [2.24, 2.45) is 11.8 Å². The molecule has 0 fully saturated rings. The fraction of sp³-hybridized carbons (Fsp3) is 0.481. The van der Waals surface area contributed by atoms with E-state index in [4.69, 9.17) is 17.0 Å². The Labute approximate surface area is 363 Å². The molecule has 0 amide bonds. The molecule has 0 aromatic heterocycles. The molecule has 2 aliphatic rings. The van der Waals surface area contributed by atoms with Crippen LogP contribution in [0.3, 0.4) is 0 Å². The molecule has 0 bridgehead atoms. The van der Waals surface area contributed by atoms with Crippen molar-refractivity contribution in [1.29, 1.82) is 0 Å². The van der Waals surface area contributed by atoms with Crippen LogP contribution in [0.4, 0.5) is 0 Å². The first-order valence-electron chi connectivity index (χ1n) is 22.4. The zero-order valence-electron chi connectivity index (χ0n) is 38.8. The quantitative estimate of drug-likeness (QED) is 0.132. The van der Waals surface area contributed by atoms with Gasteiger partial charge in [-0.1, -0.05) is 0 Å². The third-order valence-corrected chi connectivity index (χ3v) is 65.2. The van der Waals surface area contributed by atoms with Crippen molar-refractivity contribution in [2.75, 3.05) is 0 Å². The Kier molecular flexibility index (Phi) is 12.9. The van der Waals surface area contributed by atoms with E-state index in [-0.39, 0.29) is 18.1 Å². The Morgan fingerprint density at radius 1 is 0.534 bits per heavy atom. The topological polar surface area (TPSA) is 0 Å². The summed E-state index contributed by atoms with van der Waals surface area (Å²) in [5.41, 5.74) is 19.5. The zero-order chi connectivity index (χ0) is 42.9. The molecule has 4 aromatic rings. The average molecular weight is 912 g/mol. The summed E-state index contributed by atoms with van der Waals surface area (Å²) >= 11 is -5.11. The van der Waals surface area contributed by atoms with Gasteiger partial charge in [0.2, 0.25) is 0 Å². The monoisotopic (exact) mass is 909 g/mol. The third kappa shape index (κ3) is 7.98. The van der Waals surface area contributed by atoms with E-state index in [0.29, 0.717) is 23.7 Å². The SMILES string of the molecule is CC(C)CC1=Cc2c(ccc(C(C)(C)C)c2-c2ccccc2C(C)C)[CH]1[Zr]([Cl])([Cl])([CH]1C(CC(C)C)=Cc2c1ccc(C(C)(C)C)c2-c1ccccc1C(C)C)[SiH](C)C. The molecule has 58 heavy (non-hydrogen) atoms. The Morgan fingerprint density at radius 2 is 0.879 bits per heavy atom. The first-order chi connectivity index (χ1) is 26.9. The van der Waals surface area contributed by atoms with Crippen molar-refractivity contribution >= 4 is 35.1 Å². The summed E-state index contributed by atoms with van der Waals surface area (Å²) in [6, 6.07) is 28.2. The fourth-order valence-corrected chi connectivity index (χ4v) is 42.1. The number of allylic oxidation sites excluding steroid dienone is 2. The van der Waals surface area contributed by atoms with Gasteiger partial charge < -0.3 is 0 Å². The van der Waals surface area contributed by atoms with Crippen LogP contribution < -0.4 is 0 Å². The van der Waals surface area contributed by atoms with Gasteiger partial charge in [-0.3, -0.25) is 0 Å². The van der Waals surface area contributed by atoms with Gasteiger partial charge in [0.05, 0.1) is 0 Å². The summed E-state index contributed by atoms with van der Waals surface area (Å²) < 4.78 is 0.0982. The maximum absolute atomic E-state index is 9.13. The van der Waals surface area contributed by atoms with Crippen LogP contribution in [0.25, 0.3) is 34.4 Å². The molecule has 6 rings (SSSR count). The molecule has 0 radical (unpaired) electrons. The first-order valence-corrected chi connectivity index (χ1v) is 38.7. The molecule has 0 heterocycles. The van der Waals surface area contributed by atoms with Crippen LogP contribution in [0, 0.1) is 11.8 Å². The molecule has 0 saturated carbocycles. The van der Waals surface area contributed by atoms with Crippen molar-refractivity contribution in [2.45, 2.75) is 153 Å². The molecule has 0 spiro atoms. The van der Waals surface area contributed by atoms with Gasteiger partial charge in [-0.15, -0.1) is 0 Å². The van der Waals surface area contributed by atoms with Crippen LogP contribution in [-0.2, 0) is 26.4 Å². The summed E-state index contributed by atoms with van der Waals surface area (Å²) in [5, 5.41) is 0. The third-order valence-electron chi connectivity index (χ3n) is 13.4. The summed E-state index contributed by atoms with van der Waals surface area (Å²) in [7, 11) is 18.3. The standard InChI is InChI=1S/2C26H33.C2H7Si.2ClH.Zr/c2*1-17(2)14-19-15-20-12-13-24(26(5,6)7)25(23(20)16-19)22-11-9-8-10-21(22)18(3)4;1-3-2;;;/h2*8-13,15-18H,14H2,1-7H3;3H,1-2H3;2*1H;/q;;;;;+2/p-2. The van der Waals surface area contributed by atoms with Crippen molar-refractivity contribution in [3.8, 4) is 22.3 Å². The Bertz CT molecular complexity index is 2100.